The Morgan fingerprint density at radius 2 is 1.84 bits per heavy atom. The van der Waals surface area contributed by atoms with E-state index in [4.69, 9.17) is 11.5 Å². The van der Waals surface area contributed by atoms with Crippen LogP contribution in [0.5, 0.6) is 11.5 Å². The molecule has 8 nitrogen and oxygen atoms in total. The van der Waals surface area contributed by atoms with E-state index in [1.807, 2.05) is 0 Å². The van der Waals surface area contributed by atoms with Gasteiger partial charge in [0.2, 0.25) is 11.8 Å². The third-order valence-corrected chi connectivity index (χ3v) is 2.31. The molecule has 1 aromatic rings. The number of hydrogen-bond acceptors (Lipinski definition) is 5. The van der Waals surface area contributed by atoms with Crippen LogP contribution in [-0.4, -0.2) is 34.0 Å². The van der Waals surface area contributed by atoms with Gasteiger partial charge in [0, 0.05) is 0 Å². The average molecular weight is 267 g/mol. The van der Waals surface area contributed by atoms with Crippen LogP contribution in [0.1, 0.15) is 16.8 Å². The molecule has 0 saturated heterocycles. The quantitative estimate of drug-likeness (QED) is 0.413. The molecule has 19 heavy (non-hydrogen) atoms. The number of primary amides is 2. The van der Waals surface area contributed by atoms with E-state index in [2.05, 4.69) is 5.32 Å². The fourth-order valence-electron chi connectivity index (χ4n) is 1.37. The molecule has 1 aromatic carbocycles. The number of aromatic hydroxyl groups is 2. The van der Waals surface area contributed by atoms with E-state index in [1.165, 1.54) is 18.2 Å². The lowest BCUT2D eigenvalue weighted by Gasteiger charge is -2.14. The second-order valence-electron chi connectivity index (χ2n) is 3.77. The first-order valence-corrected chi connectivity index (χ1v) is 5.22. The minimum Gasteiger partial charge on any atom is -0.504 e. The van der Waals surface area contributed by atoms with Gasteiger partial charge in [0.1, 0.15) is 6.04 Å². The van der Waals surface area contributed by atoms with E-state index in [1.54, 1.807) is 0 Å². The van der Waals surface area contributed by atoms with E-state index < -0.39 is 41.7 Å². The van der Waals surface area contributed by atoms with Crippen molar-refractivity contribution in [3.63, 3.8) is 0 Å². The van der Waals surface area contributed by atoms with Crippen LogP contribution in [0.4, 0.5) is 0 Å². The van der Waals surface area contributed by atoms with Crippen LogP contribution in [0.2, 0.25) is 0 Å². The number of carbonyl (C=O) groups is 3. The SMILES string of the molecule is NC(=O)CC(NC(=O)c1cccc(O)c1O)C(N)=O. The largest absolute Gasteiger partial charge is 0.504 e. The summed E-state index contributed by atoms with van der Waals surface area (Å²) in [6.45, 7) is 0. The molecule has 0 aliphatic carbocycles. The van der Waals surface area contributed by atoms with Crippen LogP contribution in [0, 0.1) is 0 Å². The topological polar surface area (TPSA) is 156 Å². The van der Waals surface area contributed by atoms with Crippen LogP contribution in [0.25, 0.3) is 0 Å². The van der Waals surface area contributed by atoms with Crippen LogP contribution in [-0.2, 0) is 9.59 Å². The fraction of sp³-hybridized carbons (Fsp3) is 0.182. The molecule has 0 spiro atoms. The van der Waals surface area contributed by atoms with E-state index >= 15 is 0 Å². The maximum absolute atomic E-state index is 11.8. The van der Waals surface area contributed by atoms with Crippen LogP contribution in [0.3, 0.4) is 0 Å². The van der Waals surface area contributed by atoms with Crippen LogP contribution < -0.4 is 16.8 Å². The Balaban J connectivity index is 2.91. The zero-order valence-electron chi connectivity index (χ0n) is 9.79. The fourth-order valence-corrected chi connectivity index (χ4v) is 1.37. The molecule has 0 bridgehead atoms. The second kappa shape index (κ2) is 5.71. The van der Waals surface area contributed by atoms with Gasteiger partial charge in [-0.25, -0.2) is 0 Å². The zero-order valence-corrected chi connectivity index (χ0v) is 9.79. The first kappa shape index (κ1) is 14.3. The van der Waals surface area contributed by atoms with Gasteiger partial charge in [-0.1, -0.05) is 6.07 Å². The zero-order chi connectivity index (χ0) is 14.6. The van der Waals surface area contributed by atoms with Crippen molar-refractivity contribution < 1.29 is 24.6 Å². The Labute approximate surface area is 108 Å². The summed E-state index contributed by atoms with van der Waals surface area (Å²) in [7, 11) is 0. The van der Waals surface area contributed by atoms with Crippen molar-refractivity contribution in [3.8, 4) is 11.5 Å². The number of phenolic OH excluding ortho intramolecular Hbond substituents is 2. The highest BCUT2D eigenvalue weighted by Crippen LogP contribution is 2.27. The molecule has 0 aromatic heterocycles. The Bertz CT molecular complexity index is 529. The summed E-state index contributed by atoms with van der Waals surface area (Å²) in [6, 6.07) is 2.46. The van der Waals surface area contributed by atoms with Crippen molar-refractivity contribution in [2.75, 3.05) is 0 Å². The van der Waals surface area contributed by atoms with Crippen molar-refractivity contribution in [2.45, 2.75) is 12.5 Å². The Morgan fingerprint density at radius 1 is 1.21 bits per heavy atom. The number of para-hydroxylation sites is 1. The van der Waals surface area contributed by atoms with Gasteiger partial charge in [-0.15, -0.1) is 0 Å². The first-order chi connectivity index (χ1) is 8.82. The van der Waals surface area contributed by atoms with Crippen LogP contribution >= 0.6 is 0 Å². The molecule has 0 fully saturated rings. The summed E-state index contributed by atoms with van der Waals surface area (Å²) in [6.07, 6.45) is -0.458. The molecule has 8 heteroatoms. The monoisotopic (exact) mass is 267 g/mol. The van der Waals surface area contributed by atoms with Crippen LogP contribution in [0.15, 0.2) is 18.2 Å². The van der Waals surface area contributed by atoms with E-state index in [0.717, 1.165) is 0 Å². The van der Waals surface area contributed by atoms with Crippen molar-refractivity contribution >= 4 is 17.7 Å². The first-order valence-electron chi connectivity index (χ1n) is 5.22. The summed E-state index contributed by atoms with van der Waals surface area (Å²) in [5, 5.41) is 20.9. The molecule has 0 heterocycles. The molecular weight excluding hydrogens is 254 g/mol. The van der Waals surface area contributed by atoms with Gasteiger partial charge >= 0.3 is 0 Å². The summed E-state index contributed by atoms with van der Waals surface area (Å²) in [5.41, 5.74) is 9.66. The summed E-state index contributed by atoms with van der Waals surface area (Å²) < 4.78 is 0. The third kappa shape index (κ3) is 3.60. The summed E-state index contributed by atoms with van der Waals surface area (Å²) >= 11 is 0. The summed E-state index contributed by atoms with van der Waals surface area (Å²) in [4.78, 5) is 33.5. The molecule has 7 N–H and O–H groups in total. The molecule has 0 radical (unpaired) electrons. The van der Waals surface area contributed by atoms with Gasteiger partial charge in [0.05, 0.1) is 12.0 Å². The minimum atomic E-state index is -1.29. The molecule has 1 atom stereocenters. The smallest absolute Gasteiger partial charge is 0.255 e. The maximum Gasteiger partial charge on any atom is 0.255 e. The molecule has 3 amide bonds. The Morgan fingerprint density at radius 3 is 2.37 bits per heavy atom. The third-order valence-electron chi connectivity index (χ3n) is 2.31. The van der Waals surface area contributed by atoms with E-state index in [-0.39, 0.29) is 5.56 Å². The number of carbonyl (C=O) groups excluding carboxylic acids is 3. The van der Waals surface area contributed by atoms with Gasteiger partial charge in [-0.05, 0) is 12.1 Å². The van der Waals surface area contributed by atoms with Gasteiger partial charge in [-0.2, -0.15) is 0 Å². The summed E-state index contributed by atoms with van der Waals surface area (Å²) in [5.74, 6) is -3.74. The molecule has 1 rings (SSSR count). The minimum absolute atomic E-state index is 0.254. The molecule has 0 aliphatic rings. The number of nitrogens with two attached hydrogens (primary N) is 2. The van der Waals surface area contributed by atoms with Gasteiger partial charge in [0.15, 0.2) is 11.5 Å². The van der Waals surface area contributed by atoms with E-state index in [9.17, 15) is 24.6 Å². The second-order valence-corrected chi connectivity index (χ2v) is 3.77. The Hall–Kier alpha value is -2.77. The average Bonchev–Trinajstić information content (AvgIpc) is 2.31. The highest BCUT2D eigenvalue weighted by molar-refractivity contribution is 6.00. The maximum atomic E-state index is 11.8. The standard InChI is InChI=1S/C11H13N3O5/c12-8(16)4-6(10(13)18)14-11(19)5-2-1-3-7(15)9(5)17/h1-3,6,15,17H,4H2,(H2,12,16)(H2,13,18)(H,14,19). The number of phenols is 2. The lowest BCUT2D eigenvalue weighted by molar-refractivity contribution is -0.124. The van der Waals surface area contributed by atoms with Crippen molar-refractivity contribution in [2.24, 2.45) is 11.5 Å². The van der Waals surface area contributed by atoms with Gasteiger partial charge < -0.3 is 27.0 Å². The predicted molar refractivity (Wildman–Crippen MR) is 64.0 cm³/mol. The lowest BCUT2D eigenvalue weighted by atomic mass is 10.1. The van der Waals surface area contributed by atoms with Crippen molar-refractivity contribution in [1.82, 2.24) is 5.32 Å². The van der Waals surface area contributed by atoms with Gasteiger partial charge in [0.25, 0.3) is 5.91 Å². The van der Waals surface area contributed by atoms with E-state index in [0.29, 0.717) is 0 Å². The number of amides is 3. The van der Waals surface area contributed by atoms with Gasteiger partial charge in [-0.3, -0.25) is 14.4 Å². The normalized spacial score (nSPS) is 11.6. The molecular formula is C11H13N3O5. The number of hydrogen-bond donors (Lipinski definition) is 5. The number of benzene rings is 1. The molecule has 0 aliphatic heterocycles. The predicted octanol–water partition coefficient (Wildman–Crippen LogP) is -1.44. The molecule has 1 unspecified atom stereocenters. The highest BCUT2D eigenvalue weighted by Gasteiger charge is 2.23. The molecule has 0 saturated carbocycles. The van der Waals surface area contributed by atoms with Crippen molar-refractivity contribution in [1.29, 1.82) is 0 Å². The highest BCUT2D eigenvalue weighted by atomic mass is 16.3. The van der Waals surface area contributed by atoms with Crippen molar-refractivity contribution in [3.05, 3.63) is 23.8 Å². The lowest BCUT2D eigenvalue weighted by Crippen LogP contribution is -2.46. The number of rotatable bonds is 5. The number of nitrogens with one attached hydrogen (secondary N) is 1. The Kier molecular flexibility index (Phi) is 4.30. The molecule has 102 valence electrons.